The number of anilines is 1. The van der Waals surface area contributed by atoms with Gasteiger partial charge in [-0.05, 0) is 24.7 Å². The molecule has 1 aromatic rings. The first-order chi connectivity index (χ1) is 9.17. The number of hydrogen-bond donors (Lipinski definition) is 1. The quantitative estimate of drug-likeness (QED) is 0.916. The molecule has 104 valence electrons. The van der Waals surface area contributed by atoms with Gasteiger partial charge in [0.25, 0.3) is 0 Å². The Hall–Kier alpha value is -1.10. The van der Waals surface area contributed by atoms with Gasteiger partial charge in [-0.3, -0.25) is 9.69 Å². The molecule has 1 aliphatic rings. The predicted octanol–water partition coefficient (Wildman–Crippen LogP) is 1.92. The summed E-state index contributed by atoms with van der Waals surface area (Å²) >= 11 is 5.88. The van der Waals surface area contributed by atoms with Gasteiger partial charge in [0.05, 0.1) is 6.54 Å². The summed E-state index contributed by atoms with van der Waals surface area (Å²) in [4.78, 5) is 16.5. The Bertz CT molecular complexity index is 430. The molecule has 1 amide bonds. The van der Waals surface area contributed by atoms with Gasteiger partial charge in [-0.15, -0.1) is 0 Å². The average Bonchev–Trinajstić information content (AvgIpc) is 2.39. The van der Waals surface area contributed by atoms with E-state index in [-0.39, 0.29) is 5.91 Å². The van der Waals surface area contributed by atoms with Crippen molar-refractivity contribution in [2.75, 3.05) is 44.6 Å². The minimum Gasteiger partial charge on any atom is -0.325 e. The van der Waals surface area contributed by atoms with Gasteiger partial charge in [0.2, 0.25) is 5.91 Å². The second-order valence-corrected chi connectivity index (χ2v) is 5.21. The molecule has 0 unspecified atom stereocenters. The van der Waals surface area contributed by atoms with Gasteiger partial charge in [0.1, 0.15) is 0 Å². The van der Waals surface area contributed by atoms with Gasteiger partial charge in [-0.25, -0.2) is 0 Å². The van der Waals surface area contributed by atoms with Gasteiger partial charge >= 0.3 is 0 Å². The molecule has 0 radical (unpaired) electrons. The number of halogens is 1. The summed E-state index contributed by atoms with van der Waals surface area (Å²) in [5.41, 5.74) is 0.754. The standard InChI is InChI=1S/C14H20ClN3O/c1-2-17-6-8-18(9-7-17)11-14(19)16-13-5-3-4-12(15)10-13/h3-5,10H,2,6-9,11H2,1H3,(H,16,19). The maximum Gasteiger partial charge on any atom is 0.238 e. The van der Waals surface area contributed by atoms with Crippen molar-refractivity contribution in [2.45, 2.75) is 6.92 Å². The molecule has 5 heteroatoms. The maximum absolute atomic E-state index is 11.9. The van der Waals surface area contributed by atoms with E-state index >= 15 is 0 Å². The van der Waals surface area contributed by atoms with E-state index in [1.165, 1.54) is 0 Å². The highest BCUT2D eigenvalue weighted by Crippen LogP contribution is 2.14. The highest BCUT2D eigenvalue weighted by molar-refractivity contribution is 6.30. The lowest BCUT2D eigenvalue weighted by Gasteiger charge is -2.33. The molecule has 1 heterocycles. The first-order valence-corrected chi connectivity index (χ1v) is 7.05. The van der Waals surface area contributed by atoms with E-state index in [0.717, 1.165) is 38.4 Å². The fourth-order valence-corrected chi connectivity index (χ4v) is 2.42. The Kier molecular flexibility index (Phi) is 5.19. The lowest BCUT2D eigenvalue weighted by molar-refractivity contribution is -0.117. The van der Waals surface area contributed by atoms with Crippen molar-refractivity contribution < 1.29 is 4.79 Å². The van der Waals surface area contributed by atoms with Gasteiger partial charge in [0, 0.05) is 36.9 Å². The summed E-state index contributed by atoms with van der Waals surface area (Å²) in [6.07, 6.45) is 0. The Morgan fingerprint density at radius 3 is 2.58 bits per heavy atom. The number of rotatable bonds is 4. The van der Waals surface area contributed by atoms with Gasteiger partial charge in [-0.1, -0.05) is 24.6 Å². The van der Waals surface area contributed by atoms with Crippen molar-refractivity contribution in [2.24, 2.45) is 0 Å². The fourth-order valence-electron chi connectivity index (χ4n) is 2.23. The number of carbonyl (C=O) groups excluding carboxylic acids is 1. The molecule has 0 bridgehead atoms. The van der Waals surface area contributed by atoms with E-state index in [0.29, 0.717) is 11.6 Å². The average molecular weight is 282 g/mol. The molecular formula is C14H20ClN3O. The Labute approximate surface area is 119 Å². The highest BCUT2D eigenvalue weighted by Gasteiger charge is 2.17. The zero-order valence-electron chi connectivity index (χ0n) is 11.2. The van der Waals surface area contributed by atoms with Crippen molar-refractivity contribution in [3.8, 4) is 0 Å². The third-order valence-corrected chi connectivity index (χ3v) is 3.62. The highest BCUT2D eigenvalue weighted by atomic mass is 35.5. The third kappa shape index (κ3) is 4.49. The first kappa shape index (κ1) is 14.3. The fraction of sp³-hybridized carbons (Fsp3) is 0.500. The van der Waals surface area contributed by atoms with Crippen LogP contribution >= 0.6 is 11.6 Å². The van der Waals surface area contributed by atoms with Crippen LogP contribution in [0.25, 0.3) is 0 Å². The molecule has 0 aliphatic carbocycles. The SMILES string of the molecule is CCN1CCN(CC(=O)Nc2cccc(Cl)c2)CC1. The Morgan fingerprint density at radius 2 is 1.95 bits per heavy atom. The summed E-state index contributed by atoms with van der Waals surface area (Å²) in [6, 6.07) is 7.23. The van der Waals surface area contributed by atoms with E-state index in [1.807, 2.05) is 12.1 Å². The molecule has 0 aromatic heterocycles. The van der Waals surface area contributed by atoms with Crippen molar-refractivity contribution in [3.05, 3.63) is 29.3 Å². The van der Waals surface area contributed by atoms with Crippen LogP contribution in [0.15, 0.2) is 24.3 Å². The number of carbonyl (C=O) groups is 1. The second kappa shape index (κ2) is 6.89. The molecule has 1 fully saturated rings. The van der Waals surface area contributed by atoms with Crippen LogP contribution in [0.4, 0.5) is 5.69 Å². The zero-order chi connectivity index (χ0) is 13.7. The number of amides is 1. The van der Waals surface area contributed by atoms with Crippen LogP contribution in [-0.2, 0) is 4.79 Å². The number of hydrogen-bond acceptors (Lipinski definition) is 3. The third-order valence-electron chi connectivity index (χ3n) is 3.39. The summed E-state index contributed by atoms with van der Waals surface area (Å²) in [7, 11) is 0. The molecule has 1 aromatic carbocycles. The minimum absolute atomic E-state index is 0.0206. The van der Waals surface area contributed by atoms with E-state index in [2.05, 4.69) is 22.0 Å². The number of likely N-dealkylation sites (N-methyl/N-ethyl adjacent to an activating group) is 1. The van der Waals surface area contributed by atoms with E-state index in [1.54, 1.807) is 12.1 Å². The van der Waals surface area contributed by atoms with E-state index < -0.39 is 0 Å². The van der Waals surface area contributed by atoms with Crippen LogP contribution in [-0.4, -0.2) is 55.0 Å². The summed E-state index contributed by atoms with van der Waals surface area (Å²) < 4.78 is 0. The van der Waals surface area contributed by atoms with Crippen molar-refractivity contribution in [3.63, 3.8) is 0 Å². The molecule has 1 saturated heterocycles. The number of nitrogens with zero attached hydrogens (tertiary/aromatic N) is 2. The molecule has 1 aliphatic heterocycles. The number of benzene rings is 1. The minimum atomic E-state index is 0.0206. The first-order valence-electron chi connectivity index (χ1n) is 6.67. The molecule has 0 saturated carbocycles. The molecule has 1 N–H and O–H groups in total. The molecule has 2 rings (SSSR count). The normalized spacial score (nSPS) is 17.4. The number of nitrogens with one attached hydrogen (secondary N) is 1. The van der Waals surface area contributed by atoms with Crippen molar-refractivity contribution in [1.29, 1.82) is 0 Å². The van der Waals surface area contributed by atoms with Gasteiger partial charge < -0.3 is 10.2 Å². The lowest BCUT2D eigenvalue weighted by atomic mass is 10.3. The molecular weight excluding hydrogens is 262 g/mol. The van der Waals surface area contributed by atoms with E-state index in [4.69, 9.17) is 11.6 Å². The van der Waals surface area contributed by atoms with Crippen LogP contribution < -0.4 is 5.32 Å². The molecule has 0 spiro atoms. The monoisotopic (exact) mass is 281 g/mol. The smallest absolute Gasteiger partial charge is 0.238 e. The maximum atomic E-state index is 11.9. The predicted molar refractivity (Wildman–Crippen MR) is 78.6 cm³/mol. The summed E-state index contributed by atoms with van der Waals surface area (Å²) in [6.45, 7) is 7.70. The summed E-state index contributed by atoms with van der Waals surface area (Å²) in [5, 5.41) is 3.51. The zero-order valence-corrected chi connectivity index (χ0v) is 12.0. The number of piperazine rings is 1. The van der Waals surface area contributed by atoms with Crippen LogP contribution in [0.3, 0.4) is 0 Å². The Morgan fingerprint density at radius 1 is 1.26 bits per heavy atom. The topological polar surface area (TPSA) is 35.6 Å². The molecule has 4 nitrogen and oxygen atoms in total. The van der Waals surface area contributed by atoms with Crippen LogP contribution in [0.5, 0.6) is 0 Å². The van der Waals surface area contributed by atoms with Crippen molar-refractivity contribution in [1.82, 2.24) is 9.80 Å². The Balaban J connectivity index is 1.79. The van der Waals surface area contributed by atoms with Crippen LogP contribution in [0.2, 0.25) is 5.02 Å². The molecule has 0 atom stereocenters. The van der Waals surface area contributed by atoms with Crippen molar-refractivity contribution >= 4 is 23.2 Å². The van der Waals surface area contributed by atoms with Crippen LogP contribution in [0.1, 0.15) is 6.92 Å². The van der Waals surface area contributed by atoms with Crippen LogP contribution in [0, 0.1) is 0 Å². The second-order valence-electron chi connectivity index (χ2n) is 4.77. The van der Waals surface area contributed by atoms with Gasteiger partial charge in [0.15, 0.2) is 0 Å². The lowest BCUT2D eigenvalue weighted by Crippen LogP contribution is -2.48. The summed E-state index contributed by atoms with van der Waals surface area (Å²) in [5.74, 6) is 0.0206. The van der Waals surface area contributed by atoms with Gasteiger partial charge in [-0.2, -0.15) is 0 Å². The van der Waals surface area contributed by atoms with E-state index in [9.17, 15) is 4.79 Å². The molecule has 19 heavy (non-hydrogen) atoms. The largest absolute Gasteiger partial charge is 0.325 e.